The Labute approximate surface area is 142 Å². The molecule has 0 bridgehead atoms. The number of furan rings is 1. The summed E-state index contributed by atoms with van der Waals surface area (Å²) in [5.74, 6) is 0.367. The molecule has 24 heavy (non-hydrogen) atoms. The van der Waals surface area contributed by atoms with Gasteiger partial charge in [0.2, 0.25) is 5.91 Å². The Balaban J connectivity index is 1.48. The molecule has 1 amide bonds. The molecule has 1 heterocycles. The molecule has 1 aromatic carbocycles. The van der Waals surface area contributed by atoms with Crippen LogP contribution in [0.2, 0.25) is 0 Å². The minimum atomic E-state index is -0.248. The topological polar surface area (TPSA) is 68.5 Å². The van der Waals surface area contributed by atoms with Gasteiger partial charge in [0.25, 0.3) is 0 Å². The first-order chi connectivity index (χ1) is 11.7. The lowest BCUT2D eigenvalue weighted by atomic mass is 10.1. The third-order valence-electron chi connectivity index (χ3n) is 3.54. The molecular formula is C19H23NO4. The number of esters is 1. The van der Waals surface area contributed by atoms with Crippen molar-refractivity contribution in [2.45, 2.75) is 38.6 Å². The number of ether oxygens (including phenoxy) is 1. The number of amides is 1. The molecule has 0 radical (unpaired) electrons. The average Bonchev–Trinajstić information content (AvgIpc) is 3.11. The minimum absolute atomic E-state index is 0.0942. The number of hydrogen-bond acceptors (Lipinski definition) is 4. The van der Waals surface area contributed by atoms with E-state index >= 15 is 0 Å². The Kier molecular flexibility index (Phi) is 7.60. The van der Waals surface area contributed by atoms with Crippen molar-refractivity contribution in [1.82, 2.24) is 5.32 Å². The molecule has 0 spiro atoms. The second-order valence-electron chi connectivity index (χ2n) is 5.52. The highest BCUT2D eigenvalue weighted by atomic mass is 16.5. The van der Waals surface area contributed by atoms with Gasteiger partial charge in [0.05, 0.1) is 19.4 Å². The van der Waals surface area contributed by atoms with Crippen molar-refractivity contribution in [3.05, 3.63) is 60.1 Å². The van der Waals surface area contributed by atoms with Gasteiger partial charge in [-0.3, -0.25) is 9.59 Å². The summed E-state index contributed by atoms with van der Waals surface area (Å²) in [7, 11) is 0. The predicted molar refractivity (Wildman–Crippen MR) is 90.1 cm³/mol. The number of carbonyl (C=O) groups excluding carboxylic acids is 2. The van der Waals surface area contributed by atoms with Crippen LogP contribution in [0.3, 0.4) is 0 Å². The summed E-state index contributed by atoms with van der Waals surface area (Å²) in [5, 5.41) is 2.74. The molecular weight excluding hydrogens is 306 g/mol. The maximum Gasteiger partial charge on any atom is 0.305 e. The van der Waals surface area contributed by atoms with Gasteiger partial charge in [-0.15, -0.1) is 0 Å². The van der Waals surface area contributed by atoms with Gasteiger partial charge in [0.1, 0.15) is 5.76 Å². The van der Waals surface area contributed by atoms with E-state index in [0.717, 1.165) is 12.8 Å². The van der Waals surface area contributed by atoms with Crippen LogP contribution in [0.15, 0.2) is 53.1 Å². The largest absolute Gasteiger partial charge is 0.467 e. The smallest absolute Gasteiger partial charge is 0.305 e. The number of aryl methyl sites for hydroxylation is 1. The molecule has 0 aliphatic heterocycles. The second-order valence-corrected chi connectivity index (χ2v) is 5.52. The normalized spacial score (nSPS) is 10.3. The van der Waals surface area contributed by atoms with E-state index in [0.29, 0.717) is 31.8 Å². The van der Waals surface area contributed by atoms with Gasteiger partial charge in [-0.1, -0.05) is 30.3 Å². The fourth-order valence-corrected chi connectivity index (χ4v) is 2.26. The second kappa shape index (κ2) is 10.3. The molecule has 5 nitrogen and oxygen atoms in total. The molecule has 0 aliphatic carbocycles. The lowest BCUT2D eigenvalue weighted by Crippen LogP contribution is -2.22. The summed E-state index contributed by atoms with van der Waals surface area (Å²) in [6, 6.07) is 13.7. The number of nitrogens with one attached hydrogen (secondary N) is 1. The SMILES string of the molecule is O=C(CCCC(=O)OCCCc1ccccc1)NCc1ccco1. The number of hydrogen-bond donors (Lipinski definition) is 1. The molecule has 0 saturated carbocycles. The van der Waals surface area contributed by atoms with Crippen molar-refractivity contribution in [3.63, 3.8) is 0 Å². The lowest BCUT2D eigenvalue weighted by molar-refractivity contribution is -0.143. The first-order valence-electron chi connectivity index (χ1n) is 8.22. The first-order valence-corrected chi connectivity index (χ1v) is 8.22. The Hall–Kier alpha value is -2.56. The van der Waals surface area contributed by atoms with Crippen molar-refractivity contribution in [3.8, 4) is 0 Å². The number of carbonyl (C=O) groups is 2. The Morgan fingerprint density at radius 2 is 1.83 bits per heavy atom. The van der Waals surface area contributed by atoms with Crippen LogP contribution in [-0.2, 0) is 27.3 Å². The van der Waals surface area contributed by atoms with E-state index in [1.54, 1.807) is 18.4 Å². The van der Waals surface area contributed by atoms with E-state index in [-0.39, 0.29) is 18.3 Å². The van der Waals surface area contributed by atoms with Gasteiger partial charge in [-0.2, -0.15) is 0 Å². The molecule has 0 saturated heterocycles. The van der Waals surface area contributed by atoms with Crippen molar-refractivity contribution < 1.29 is 18.7 Å². The highest BCUT2D eigenvalue weighted by molar-refractivity contribution is 5.76. The molecule has 2 rings (SSSR count). The van der Waals surface area contributed by atoms with Gasteiger partial charge in [0.15, 0.2) is 0 Å². The first kappa shape index (κ1) is 17.8. The van der Waals surface area contributed by atoms with Crippen LogP contribution in [0.5, 0.6) is 0 Å². The zero-order valence-electron chi connectivity index (χ0n) is 13.7. The Morgan fingerprint density at radius 3 is 2.58 bits per heavy atom. The van der Waals surface area contributed by atoms with Crippen LogP contribution in [-0.4, -0.2) is 18.5 Å². The Morgan fingerprint density at radius 1 is 1.00 bits per heavy atom. The minimum Gasteiger partial charge on any atom is -0.467 e. The zero-order valence-corrected chi connectivity index (χ0v) is 13.7. The zero-order chi connectivity index (χ0) is 17.0. The van der Waals surface area contributed by atoms with Crippen LogP contribution >= 0.6 is 0 Å². The molecule has 1 aromatic heterocycles. The van der Waals surface area contributed by atoms with E-state index in [1.165, 1.54) is 5.56 Å². The maximum absolute atomic E-state index is 11.6. The van der Waals surface area contributed by atoms with Crippen LogP contribution in [0.25, 0.3) is 0 Å². The average molecular weight is 329 g/mol. The van der Waals surface area contributed by atoms with Crippen LogP contribution in [0, 0.1) is 0 Å². The van der Waals surface area contributed by atoms with Crippen LogP contribution < -0.4 is 5.32 Å². The van der Waals surface area contributed by atoms with E-state index in [9.17, 15) is 9.59 Å². The summed E-state index contributed by atoms with van der Waals surface area (Å²) in [6.45, 7) is 0.786. The highest BCUT2D eigenvalue weighted by Crippen LogP contribution is 2.04. The summed E-state index contributed by atoms with van der Waals surface area (Å²) < 4.78 is 10.3. The maximum atomic E-state index is 11.6. The predicted octanol–water partition coefficient (Wildman–Crippen LogP) is 3.24. The van der Waals surface area contributed by atoms with Crippen molar-refractivity contribution in [1.29, 1.82) is 0 Å². The molecule has 2 aromatic rings. The van der Waals surface area contributed by atoms with Crippen molar-refractivity contribution in [2.75, 3.05) is 6.61 Å². The monoisotopic (exact) mass is 329 g/mol. The molecule has 128 valence electrons. The highest BCUT2D eigenvalue weighted by Gasteiger charge is 2.07. The van der Waals surface area contributed by atoms with E-state index in [4.69, 9.17) is 9.15 Å². The van der Waals surface area contributed by atoms with Gasteiger partial charge in [-0.25, -0.2) is 0 Å². The molecule has 0 atom stereocenters. The van der Waals surface area contributed by atoms with Crippen molar-refractivity contribution in [2.24, 2.45) is 0 Å². The fourth-order valence-electron chi connectivity index (χ4n) is 2.26. The summed E-state index contributed by atoms with van der Waals surface area (Å²) in [6.07, 6.45) is 4.32. The van der Waals surface area contributed by atoms with Crippen LogP contribution in [0.1, 0.15) is 37.0 Å². The van der Waals surface area contributed by atoms with Crippen molar-refractivity contribution >= 4 is 11.9 Å². The molecule has 5 heteroatoms. The van der Waals surface area contributed by atoms with Gasteiger partial charge >= 0.3 is 5.97 Å². The Bertz CT molecular complexity index is 608. The quantitative estimate of drug-likeness (QED) is 0.537. The summed E-state index contributed by atoms with van der Waals surface area (Å²) in [5.41, 5.74) is 1.24. The third kappa shape index (κ3) is 7.13. The molecule has 1 N–H and O–H groups in total. The molecule has 0 unspecified atom stereocenters. The van der Waals surface area contributed by atoms with Crippen LogP contribution in [0.4, 0.5) is 0 Å². The molecule has 0 aliphatic rings. The summed E-state index contributed by atoms with van der Waals surface area (Å²) >= 11 is 0. The standard InChI is InChI=1S/C19H23NO4/c21-18(20-15-17-10-6-13-23-17)11-4-12-19(22)24-14-5-9-16-7-2-1-3-8-16/h1-3,6-8,10,13H,4-5,9,11-12,14-15H2,(H,20,21). The van der Waals surface area contributed by atoms with Gasteiger partial charge in [0, 0.05) is 12.8 Å². The van der Waals surface area contributed by atoms with E-state index < -0.39 is 0 Å². The molecule has 0 fully saturated rings. The number of rotatable bonds is 10. The lowest BCUT2D eigenvalue weighted by Gasteiger charge is -2.05. The summed E-state index contributed by atoms with van der Waals surface area (Å²) in [4.78, 5) is 23.2. The van der Waals surface area contributed by atoms with Gasteiger partial charge < -0.3 is 14.5 Å². The fraction of sp³-hybridized carbons (Fsp3) is 0.368. The van der Waals surface area contributed by atoms with E-state index in [2.05, 4.69) is 17.4 Å². The van der Waals surface area contributed by atoms with Gasteiger partial charge in [-0.05, 0) is 37.0 Å². The third-order valence-corrected chi connectivity index (χ3v) is 3.54. The van der Waals surface area contributed by atoms with E-state index in [1.807, 2.05) is 18.2 Å². The number of benzene rings is 1.